The predicted octanol–water partition coefficient (Wildman–Crippen LogP) is 8.34. The van der Waals surface area contributed by atoms with E-state index in [1.807, 2.05) is 18.2 Å². The molecule has 4 atom stereocenters. The largest absolute Gasteiger partial charge is 0.207 e. The standard InChI is InChI=1S/C27H34F2/c1-3-5-7-19-13-23-16-27(29)24(17-25(23)26(28)14-19)22-11-10-20-12-18(6-4-2)8-9-21(20)15-22/h3,13-14,16-18,20-22H,1,4-12,15H2,2H3/t18?,20-,21?,22-/m1/s1. The van der Waals surface area contributed by atoms with Gasteiger partial charge in [0.25, 0.3) is 0 Å². The molecule has 0 spiro atoms. The van der Waals surface area contributed by atoms with Gasteiger partial charge < -0.3 is 0 Å². The van der Waals surface area contributed by atoms with Gasteiger partial charge >= 0.3 is 0 Å². The summed E-state index contributed by atoms with van der Waals surface area (Å²) >= 11 is 0. The quantitative estimate of drug-likeness (QED) is 0.430. The molecule has 29 heavy (non-hydrogen) atoms. The van der Waals surface area contributed by atoms with Crippen LogP contribution in [0.15, 0.2) is 36.9 Å². The summed E-state index contributed by atoms with van der Waals surface area (Å²) in [4.78, 5) is 0. The zero-order valence-electron chi connectivity index (χ0n) is 17.7. The maximum absolute atomic E-state index is 15.1. The van der Waals surface area contributed by atoms with Gasteiger partial charge in [0.05, 0.1) is 0 Å². The average molecular weight is 397 g/mol. The maximum atomic E-state index is 15.1. The van der Waals surface area contributed by atoms with E-state index in [2.05, 4.69) is 13.5 Å². The summed E-state index contributed by atoms with van der Waals surface area (Å²) in [7, 11) is 0. The van der Waals surface area contributed by atoms with Crippen molar-refractivity contribution in [3.8, 4) is 0 Å². The van der Waals surface area contributed by atoms with E-state index < -0.39 is 0 Å². The minimum absolute atomic E-state index is 0.152. The lowest BCUT2D eigenvalue weighted by atomic mass is 9.63. The van der Waals surface area contributed by atoms with E-state index in [0.717, 1.165) is 54.6 Å². The Labute approximate surface area is 174 Å². The van der Waals surface area contributed by atoms with E-state index in [0.29, 0.717) is 10.8 Å². The van der Waals surface area contributed by atoms with Crippen LogP contribution in [0, 0.1) is 29.4 Å². The summed E-state index contributed by atoms with van der Waals surface area (Å²) < 4.78 is 29.9. The lowest BCUT2D eigenvalue weighted by Gasteiger charge is -2.42. The summed E-state index contributed by atoms with van der Waals surface area (Å²) in [6.07, 6.45) is 13.3. The van der Waals surface area contributed by atoms with Crippen LogP contribution in [0.3, 0.4) is 0 Å². The molecule has 2 aliphatic carbocycles. The minimum atomic E-state index is -0.225. The van der Waals surface area contributed by atoms with Crippen molar-refractivity contribution in [3.63, 3.8) is 0 Å². The highest BCUT2D eigenvalue weighted by molar-refractivity contribution is 5.85. The number of hydrogen-bond acceptors (Lipinski definition) is 0. The Morgan fingerprint density at radius 1 is 0.966 bits per heavy atom. The van der Waals surface area contributed by atoms with Crippen molar-refractivity contribution >= 4 is 10.8 Å². The molecule has 0 amide bonds. The Morgan fingerprint density at radius 2 is 1.76 bits per heavy atom. The van der Waals surface area contributed by atoms with E-state index in [4.69, 9.17) is 0 Å². The highest BCUT2D eigenvalue weighted by atomic mass is 19.1. The second-order valence-corrected chi connectivity index (χ2v) is 9.50. The highest BCUT2D eigenvalue weighted by Crippen LogP contribution is 2.49. The van der Waals surface area contributed by atoms with E-state index in [9.17, 15) is 4.39 Å². The van der Waals surface area contributed by atoms with Crippen molar-refractivity contribution in [3.05, 3.63) is 59.7 Å². The van der Waals surface area contributed by atoms with E-state index >= 15 is 4.39 Å². The molecular weight excluding hydrogens is 362 g/mol. The van der Waals surface area contributed by atoms with Gasteiger partial charge in [-0.3, -0.25) is 0 Å². The SMILES string of the molecule is C=CCCc1cc(F)c2cc([C@@H]3CC[C@@H]4CC(CCC)CCC4C3)c(F)cc2c1. The molecule has 2 unspecified atom stereocenters. The van der Waals surface area contributed by atoms with Crippen LogP contribution >= 0.6 is 0 Å². The molecule has 2 aromatic rings. The molecule has 4 rings (SSSR count). The molecule has 0 N–H and O–H groups in total. The molecule has 0 saturated heterocycles. The van der Waals surface area contributed by atoms with Crippen LogP contribution in [0.2, 0.25) is 0 Å². The molecule has 2 saturated carbocycles. The molecule has 2 aromatic carbocycles. The van der Waals surface area contributed by atoms with E-state index in [1.54, 1.807) is 12.1 Å². The molecule has 156 valence electrons. The summed E-state index contributed by atoms with van der Waals surface area (Å²) in [6.45, 7) is 6.01. The number of allylic oxidation sites excluding steroid dienone is 1. The van der Waals surface area contributed by atoms with Crippen LogP contribution in [0.5, 0.6) is 0 Å². The Hall–Kier alpha value is -1.70. The van der Waals surface area contributed by atoms with Gasteiger partial charge in [0.1, 0.15) is 11.6 Å². The zero-order valence-corrected chi connectivity index (χ0v) is 17.7. The second-order valence-electron chi connectivity index (χ2n) is 9.50. The normalized spacial score (nSPS) is 27.0. The summed E-state index contributed by atoms with van der Waals surface area (Å²) in [5, 5.41) is 1.25. The Balaban J connectivity index is 1.54. The Kier molecular flexibility index (Phi) is 6.37. The van der Waals surface area contributed by atoms with Crippen molar-refractivity contribution < 1.29 is 8.78 Å². The molecular formula is C27H34F2. The lowest BCUT2D eigenvalue weighted by molar-refractivity contribution is 0.113. The number of hydrogen-bond donors (Lipinski definition) is 0. The third-order valence-electron chi connectivity index (χ3n) is 7.57. The average Bonchev–Trinajstić information content (AvgIpc) is 2.71. The Bertz CT molecular complexity index is 868. The van der Waals surface area contributed by atoms with Crippen molar-refractivity contribution in [1.29, 1.82) is 0 Å². The molecule has 2 fully saturated rings. The fourth-order valence-corrected chi connectivity index (χ4v) is 6.08. The third-order valence-corrected chi connectivity index (χ3v) is 7.57. The van der Waals surface area contributed by atoms with Gasteiger partial charge in [-0.15, -0.1) is 6.58 Å². The fourth-order valence-electron chi connectivity index (χ4n) is 6.08. The van der Waals surface area contributed by atoms with Gasteiger partial charge in [0, 0.05) is 5.39 Å². The highest BCUT2D eigenvalue weighted by Gasteiger charge is 2.36. The number of aryl methyl sites for hydroxylation is 1. The van der Waals surface area contributed by atoms with Crippen LogP contribution in [0.1, 0.15) is 81.8 Å². The van der Waals surface area contributed by atoms with Crippen molar-refractivity contribution in [2.24, 2.45) is 17.8 Å². The van der Waals surface area contributed by atoms with Crippen LogP contribution in [-0.4, -0.2) is 0 Å². The lowest BCUT2D eigenvalue weighted by Crippen LogP contribution is -2.30. The second kappa shape index (κ2) is 8.98. The first-order valence-electron chi connectivity index (χ1n) is 11.6. The van der Waals surface area contributed by atoms with Crippen LogP contribution < -0.4 is 0 Å². The first-order chi connectivity index (χ1) is 14.1. The summed E-state index contributed by atoms with van der Waals surface area (Å²) in [6, 6.07) is 6.92. The van der Waals surface area contributed by atoms with E-state index in [1.165, 1.54) is 38.5 Å². The number of halogens is 2. The Morgan fingerprint density at radius 3 is 2.55 bits per heavy atom. The first kappa shape index (κ1) is 20.6. The van der Waals surface area contributed by atoms with Crippen LogP contribution in [-0.2, 0) is 6.42 Å². The minimum Gasteiger partial charge on any atom is -0.207 e. The molecule has 0 nitrogen and oxygen atoms in total. The smallest absolute Gasteiger partial charge is 0.131 e. The third kappa shape index (κ3) is 4.42. The monoisotopic (exact) mass is 396 g/mol. The van der Waals surface area contributed by atoms with Gasteiger partial charge in [-0.1, -0.05) is 38.3 Å². The topological polar surface area (TPSA) is 0 Å². The van der Waals surface area contributed by atoms with Crippen molar-refractivity contribution in [2.75, 3.05) is 0 Å². The van der Waals surface area contributed by atoms with Gasteiger partial charge in [-0.2, -0.15) is 0 Å². The number of rotatable bonds is 6. The van der Waals surface area contributed by atoms with Gasteiger partial charge in [0.2, 0.25) is 0 Å². The number of fused-ring (bicyclic) bond motifs is 2. The molecule has 0 aromatic heterocycles. The summed E-state index contributed by atoms with van der Waals surface area (Å²) in [5.41, 5.74) is 1.65. The first-order valence-corrected chi connectivity index (χ1v) is 11.6. The molecule has 0 aliphatic heterocycles. The number of benzene rings is 2. The zero-order chi connectivity index (χ0) is 20.4. The molecule has 2 aliphatic rings. The van der Waals surface area contributed by atoms with Gasteiger partial charge in [-0.25, -0.2) is 8.78 Å². The molecule has 0 bridgehead atoms. The molecule has 0 heterocycles. The molecule has 2 heteroatoms. The molecule has 0 radical (unpaired) electrons. The van der Waals surface area contributed by atoms with Crippen LogP contribution in [0.4, 0.5) is 8.78 Å². The van der Waals surface area contributed by atoms with Crippen LogP contribution in [0.25, 0.3) is 10.8 Å². The van der Waals surface area contributed by atoms with Gasteiger partial charge in [-0.05, 0) is 103 Å². The van der Waals surface area contributed by atoms with Crippen molar-refractivity contribution in [1.82, 2.24) is 0 Å². The predicted molar refractivity (Wildman–Crippen MR) is 118 cm³/mol. The van der Waals surface area contributed by atoms with Gasteiger partial charge in [0.15, 0.2) is 0 Å². The fraction of sp³-hybridized carbons (Fsp3) is 0.556. The maximum Gasteiger partial charge on any atom is 0.131 e. The van der Waals surface area contributed by atoms with E-state index in [-0.39, 0.29) is 17.6 Å². The summed E-state index contributed by atoms with van der Waals surface area (Å²) in [5.74, 6) is 2.31. The van der Waals surface area contributed by atoms with Crippen molar-refractivity contribution in [2.45, 2.75) is 77.0 Å².